The molecule has 0 spiro atoms. The molecule has 1 fully saturated rings. The van der Waals surface area contributed by atoms with Gasteiger partial charge in [-0.15, -0.1) is 0 Å². The molecule has 1 aliphatic rings. The van der Waals surface area contributed by atoms with Crippen LogP contribution < -0.4 is 10.2 Å². The van der Waals surface area contributed by atoms with Crippen LogP contribution in [0.15, 0.2) is 24.3 Å². The second-order valence-electron chi connectivity index (χ2n) is 5.53. The first-order chi connectivity index (χ1) is 10.2. The maximum absolute atomic E-state index is 5.79. The van der Waals surface area contributed by atoms with Crippen LogP contribution in [0.2, 0.25) is 0 Å². The first kappa shape index (κ1) is 16.2. The molecule has 118 valence electrons. The highest BCUT2D eigenvalue weighted by Crippen LogP contribution is 2.12. The van der Waals surface area contributed by atoms with E-state index >= 15 is 0 Å². The van der Waals surface area contributed by atoms with Gasteiger partial charge in [-0.1, -0.05) is 12.1 Å². The molecule has 1 aromatic carbocycles. The molecule has 2 rings (SSSR count). The molecule has 5 nitrogen and oxygen atoms in total. The van der Waals surface area contributed by atoms with Crippen molar-refractivity contribution < 1.29 is 9.47 Å². The fourth-order valence-corrected chi connectivity index (χ4v) is 2.26. The lowest BCUT2D eigenvalue weighted by Crippen LogP contribution is -2.37. The van der Waals surface area contributed by atoms with Crippen molar-refractivity contribution in [2.75, 3.05) is 53.6 Å². The zero-order valence-electron chi connectivity index (χ0n) is 13.2. The van der Waals surface area contributed by atoms with Gasteiger partial charge in [-0.25, -0.2) is 0 Å². The van der Waals surface area contributed by atoms with Gasteiger partial charge in [-0.2, -0.15) is 0 Å². The van der Waals surface area contributed by atoms with E-state index in [-0.39, 0.29) is 0 Å². The minimum atomic E-state index is 0.770. The van der Waals surface area contributed by atoms with E-state index in [1.165, 1.54) is 5.56 Å². The summed E-state index contributed by atoms with van der Waals surface area (Å²) in [7, 11) is 3.98. The van der Waals surface area contributed by atoms with Crippen LogP contribution in [0.5, 0.6) is 5.75 Å². The molecule has 0 bridgehead atoms. The fraction of sp³-hybridized carbons (Fsp3) is 0.625. The Morgan fingerprint density at radius 3 is 2.57 bits per heavy atom. The van der Waals surface area contributed by atoms with Crippen LogP contribution >= 0.6 is 0 Å². The van der Waals surface area contributed by atoms with Crippen molar-refractivity contribution in [1.82, 2.24) is 15.3 Å². The van der Waals surface area contributed by atoms with E-state index in [4.69, 9.17) is 9.47 Å². The largest absolute Gasteiger partial charge is 0.494 e. The van der Waals surface area contributed by atoms with E-state index < -0.39 is 0 Å². The maximum atomic E-state index is 5.79. The van der Waals surface area contributed by atoms with Gasteiger partial charge < -0.3 is 9.47 Å². The standard InChI is InChI=1S/C16H27N3O2/c1-18(2)17-14-15-4-6-16(7-5-15)21-11-3-8-19-9-12-20-13-10-19/h4-7,17H,3,8-14H2,1-2H3. The van der Waals surface area contributed by atoms with Crippen molar-refractivity contribution in [3.8, 4) is 5.75 Å². The first-order valence-corrected chi connectivity index (χ1v) is 7.67. The highest BCUT2D eigenvalue weighted by molar-refractivity contribution is 5.27. The van der Waals surface area contributed by atoms with Crippen LogP contribution in [-0.4, -0.2) is 63.5 Å². The summed E-state index contributed by atoms with van der Waals surface area (Å²) in [5, 5.41) is 1.95. The highest BCUT2D eigenvalue weighted by Gasteiger charge is 2.09. The van der Waals surface area contributed by atoms with E-state index in [2.05, 4.69) is 22.5 Å². The monoisotopic (exact) mass is 293 g/mol. The lowest BCUT2D eigenvalue weighted by Gasteiger charge is -2.26. The third-order valence-corrected chi connectivity index (χ3v) is 3.51. The van der Waals surface area contributed by atoms with Gasteiger partial charge in [0.1, 0.15) is 5.75 Å². The second-order valence-corrected chi connectivity index (χ2v) is 5.53. The summed E-state index contributed by atoms with van der Waals surface area (Å²) < 4.78 is 11.1. The minimum Gasteiger partial charge on any atom is -0.494 e. The molecule has 0 aromatic heterocycles. The minimum absolute atomic E-state index is 0.770. The van der Waals surface area contributed by atoms with Crippen LogP contribution in [0.1, 0.15) is 12.0 Å². The number of ether oxygens (including phenoxy) is 2. The smallest absolute Gasteiger partial charge is 0.119 e. The third kappa shape index (κ3) is 6.44. The molecule has 0 aliphatic carbocycles. The number of nitrogens with one attached hydrogen (secondary N) is 1. The zero-order valence-corrected chi connectivity index (χ0v) is 13.2. The second kappa shape index (κ2) is 9.00. The summed E-state index contributed by atoms with van der Waals surface area (Å²) in [5.74, 6) is 0.950. The molecule has 0 saturated carbocycles. The summed E-state index contributed by atoms with van der Waals surface area (Å²) >= 11 is 0. The van der Waals surface area contributed by atoms with Crippen molar-refractivity contribution >= 4 is 0 Å². The fourth-order valence-electron chi connectivity index (χ4n) is 2.26. The number of hydrogen-bond donors (Lipinski definition) is 1. The van der Waals surface area contributed by atoms with E-state index in [1.807, 2.05) is 31.2 Å². The van der Waals surface area contributed by atoms with Gasteiger partial charge >= 0.3 is 0 Å². The van der Waals surface area contributed by atoms with Gasteiger partial charge in [0.05, 0.1) is 19.8 Å². The van der Waals surface area contributed by atoms with Gasteiger partial charge in [0.25, 0.3) is 0 Å². The first-order valence-electron chi connectivity index (χ1n) is 7.67. The predicted molar refractivity (Wildman–Crippen MR) is 84.3 cm³/mol. The number of hydrogen-bond acceptors (Lipinski definition) is 5. The van der Waals surface area contributed by atoms with Crippen molar-refractivity contribution in [3.63, 3.8) is 0 Å². The van der Waals surface area contributed by atoms with E-state index in [1.54, 1.807) is 0 Å². The lowest BCUT2D eigenvalue weighted by atomic mass is 10.2. The Hall–Kier alpha value is -1.14. The van der Waals surface area contributed by atoms with Gasteiger partial charge in [-0.05, 0) is 24.1 Å². The molecule has 0 atom stereocenters. The Kier molecular flexibility index (Phi) is 6.95. The molecule has 1 N–H and O–H groups in total. The Balaban J connectivity index is 1.61. The van der Waals surface area contributed by atoms with Crippen LogP contribution in [0.3, 0.4) is 0 Å². The number of morpholine rings is 1. The molecule has 5 heteroatoms. The normalized spacial score (nSPS) is 16.3. The Morgan fingerprint density at radius 2 is 1.90 bits per heavy atom. The molecule has 1 heterocycles. The van der Waals surface area contributed by atoms with Crippen molar-refractivity contribution in [1.29, 1.82) is 0 Å². The summed E-state index contributed by atoms with van der Waals surface area (Å²) in [6, 6.07) is 8.30. The SMILES string of the molecule is CN(C)NCc1ccc(OCCCN2CCOCC2)cc1. The van der Waals surface area contributed by atoms with Crippen LogP contribution in [0, 0.1) is 0 Å². The van der Waals surface area contributed by atoms with Crippen LogP contribution in [0.4, 0.5) is 0 Å². The summed E-state index contributed by atoms with van der Waals surface area (Å²) in [6.07, 6.45) is 1.06. The molecular weight excluding hydrogens is 266 g/mol. The maximum Gasteiger partial charge on any atom is 0.119 e. The molecule has 0 unspecified atom stereocenters. The van der Waals surface area contributed by atoms with Crippen molar-refractivity contribution in [2.24, 2.45) is 0 Å². The molecule has 1 aromatic rings. The number of benzene rings is 1. The van der Waals surface area contributed by atoms with Gasteiger partial charge in [0.15, 0.2) is 0 Å². The number of hydrazine groups is 1. The molecule has 21 heavy (non-hydrogen) atoms. The average molecular weight is 293 g/mol. The topological polar surface area (TPSA) is 37.0 Å². The Morgan fingerprint density at radius 1 is 1.19 bits per heavy atom. The highest BCUT2D eigenvalue weighted by atomic mass is 16.5. The Bertz CT molecular complexity index is 389. The molecular formula is C16H27N3O2. The predicted octanol–water partition coefficient (Wildman–Crippen LogP) is 1.35. The van der Waals surface area contributed by atoms with Gasteiger partial charge in [0, 0.05) is 40.3 Å². The van der Waals surface area contributed by atoms with Crippen molar-refractivity contribution in [2.45, 2.75) is 13.0 Å². The number of nitrogens with zero attached hydrogens (tertiary/aromatic N) is 2. The van der Waals surface area contributed by atoms with Gasteiger partial charge in [0.2, 0.25) is 0 Å². The van der Waals surface area contributed by atoms with Gasteiger partial charge in [-0.3, -0.25) is 15.3 Å². The zero-order chi connectivity index (χ0) is 14.9. The summed E-state index contributed by atoms with van der Waals surface area (Å²) in [5.41, 5.74) is 4.50. The van der Waals surface area contributed by atoms with E-state index in [0.29, 0.717) is 0 Å². The van der Waals surface area contributed by atoms with E-state index in [9.17, 15) is 0 Å². The van der Waals surface area contributed by atoms with Crippen LogP contribution in [-0.2, 0) is 11.3 Å². The van der Waals surface area contributed by atoms with Crippen LogP contribution in [0.25, 0.3) is 0 Å². The quantitative estimate of drug-likeness (QED) is 0.578. The molecule has 0 radical (unpaired) electrons. The molecule has 0 amide bonds. The summed E-state index contributed by atoms with van der Waals surface area (Å²) in [4.78, 5) is 2.43. The molecule has 1 aliphatic heterocycles. The number of rotatable bonds is 8. The average Bonchev–Trinajstić information content (AvgIpc) is 2.52. The summed E-state index contributed by atoms with van der Waals surface area (Å²) in [6.45, 7) is 6.53. The van der Waals surface area contributed by atoms with E-state index in [0.717, 1.165) is 58.2 Å². The third-order valence-electron chi connectivity index (χ3n) is 3.51. The lowest BCUT2D eigenvalue weighted by molar-refractivity contribution is 0.0358. The van der Waals surface area contributed by atoms with Crippen molar-refractivity contribution in [3.05, 3.63) is 29.8 Å². The Labute approximate surface area is 127 Å². The molecule has 1 saturated heterocycles.